The molecular formula is C13H17N3O5. The van der Waals surface area contributed by atoms with Crippen molar-refractivity contribution >= 4 is 18.0 Å². The molecule has 1 N–H and O–H groups in total. The van der Waals surface area contributed by atoms with Crippen molar-refractivity contribution in [2.45, 2.75) is 6.92 Å². The number of furan rings is 1. The summed E-state index contributed by atoms with van der Waals surface area (Å²) in [6.07, 6.45) is 0.674. The summed E-state index contributed by atoms with van der Waals surface area (Å²) in [7, 11) is 0. The molecule has 0 bridgehead atoms. The summed E-state index contributed by atoms with van der Waals surface area (Å²) in [5, 5.41) is 2.13. The molecule has 8 nitrogen and oxygen atoms in total. The van der Waals surface area contributed by atoms with E-state index in [2.05, 4.69) is 10.1 Å². The van der Waals surface area contributed by atoms with Crippen LogP contribution < -0.4 is 5.32 Å². The maximum absolute atomic E-state index is 12.0. The number of hydrogen-bond acceptors (Lipinski definition) is 5. The predicted molar refractivity (Wildman–Crippen MR) is 71.7 cm³/mol. The van der Waals surface area contributed by atoms with Gasteiger partial charge in [-0.1, -0.05) is 0 Å². The maximum Gasteiger partial charge on any atom is 0.415 e. The Kier molecular flexibility index (Phi) is 4.81. The van der Waals surface area contributed by atoms with Crippen LogP contribution in [0.1, 0.15) is 17.5 Å². The van der Waals surface area contributed by atoms with Crippen LogP contribution in [0.3, 0.4) is 0 Å². The summed E-state index contributed by atoms with van der Waals surface area (Å²) in [6.45, 7) is 3.31. The van der Waals surface area contributed by atoms with Gasteiger partial charge in [0, 0.05) is 26.2 Å². The van der Waals surface area contributed by atoms with E-state index < -0.39 is 12.1 Å². The zero-order chi connectivity index (χ0) is 15.2. The van der Waals surface area contributed by atoms with Crippen LogP contribution in [-0.2, 0) is 4.74 Å². The number of imide groups is 1. The van der Waals surface area contributed by atoms with Crippen LogP contribution in [0.15, 0.2) is 22.8 Å². The van der Waals surface area contributed by atoms with Gasteiger partial charge in [0.05, 0.1) is 12.9 Å². The van der Waals surface area contributed by atoms with Gasteiger partial charge in [0.2, 0.25) is 0 Å². The Hall–Kier alpha value is -2.51. The lowest BCUT2D eigenvalue weighted by molar-refractivity contribution is 0.0631. The van der Waals surface area contributed by atoms with Gasteiger partial charge in [-0.3, -0.25) is 4.79 Å². The number of nitrogens with one attached hydrogen (secondary N) is 1. The molecule has 0 aliphatic carbocycles. The molecule has 1 aliphatic heterocycles. The topological polar surface area (TPSA) is 92.1 Å². The molecule has 8 heteroatoms. The van der Waals surface area contributed by atoms with Crippen LogP contribution in [0, 0.1) is 0 Å². The highest BCUT2D eigenvalue weighted by molar-refractivity contribution is 5.92. The average molecular weight is 295 g/mol. The van der Waals surface area contributed by atoms with Gasteiger partial charge < -0.3 is 19.0 Å². The highest BCUT2D eigenvalue weighted by atomic mass is 16.5. The van der Waals surface area contributed by atoms with Gasteiger partial charge in [-0.05, 0) is 19.1 Å². The minimum Gasteiger partial charge on any atom is -0.459 e. The Bertz CT molecular complexity index is 506. The molecule has 1 aliphatic rings. The van der Waals surface area contributed by atoms with Gasteiger partial charge in [0.25, 0.3) is 5.91 Å². The summed E-state index contributed by atoms with van der Waals surface area (Å²) < 4.78 is 9.69. The molecule has 1 fully saturated rings. The summed E-state index contributed by atoms with van der Waals surface area (Å²) in [6, 6.07) is 2.73. The molecule has 114 valence electrons. The molecule has 2 rings (SSSR count). The quantitative estimate of drug-likeness (QED) is 0.875. The molecule has 1 aromatic rings. The Labute approximate surface area is 121 Å². The average Bonchev–Trinajstić information content (AvgIpc) is 3.01. The van der Waals surface area contributed by atoms with Crippen molar-refractivity contribution in [3.8, 4) is 0 Å². The molecule has 4 amide bonds. The summed E-state index contributed by atoms with van der Waals surface area (Å²) in [5.41, 5.74) is 0. The lowest BCUT2D eigenvalue weighted by atomic mass is 10.3. The number of ether oxygens (including phenoxy) is 1. The van der Waals surface area contributed by atoms with Gasteiger partial charge in [-0.25, -0.2) is 14.9 Å². The van der Waals surface area contributed by atoms with E-state index in [1.54, 1.807) is 24.0 Å². The zero-order valence-electron chi connectivity index (χ0n) is 11.7. The first-order valence-corrected chi connectivity index (χ1v) is 6.67. The lowest BCUT2D eigenvalue weighted by Crippen LogP contribution is -2.54. The number of urea groups is 1. The van der Waals surface area contributed by atoms with Crippen molar-refractivity contribution in [3.63, 3.8) is 0 Å². The number of carbonyl (C=O) groups excluding carboxylic acids is 3. The largest absolute Gasteiger partial charge is 0.459 e. The van der Waals surface area contributed by atoms with Crippen LogP contribution in [0.2, 0.25) is 0 Å². The molecule has 0 saturated carbocycles. The van der Waals surface area contributed by atoms with Crippen LogP contribution in [0.4, 0.5) is 9.59 Å². The predicted octanol–water partition coefficient (Wildman–Crippen LogP) is 0.903. The first-order valence-electron chi connectivity index (χ1n) is 6.67. The summed E-state index contributed by atoms with van der Waals surface area (Å²) in [5.74, 6) is 0.0740. The highest BCUT2D eigenvalue weighted by Crippen LogP contribution is 2.09. The molecule has 0 radical (unpaired) electrons. The van der Waals surface area contributed by atoms with Gasteiger partial charge >= 0.3 is 12.1 Å². The fourth-order valence-corrected chi connectivity index (χ4v) is 2.00. The van der Waals surface area contributed by atoms with E-state index in [-0.39, 0.29) is 18.3 Å². The van der Waals surface area contributed by atoms with E-state index >= 15 is 0 Å². The SMILES string of the molecule is CCOC(=O)NC(=O)N1CCN(C(=O)c2ccco2)CC1. The van der Waals surface area contributed by atoms with E-state index in [0.717, 1.165) is 0 Å². The third kappa shape index (κ3) is 3.74. The second-order valence-electron chi connectivity index (χ2n) is 4.41. The number of piperazine rings is 1. The molecule has 0 spiro atoms. The van der Waals surface area contributed by atoms with Crippen molar-refractivity contribution in [2.75, 3.05) is 32.8 Å². The third-order valence-corrected chi connectivity index (χ3v) is 3.07. The molecule has 0 unspecified atom stereocenters. The fraction of sp³-hybridized carbons (Fsp3) is 0.462. The first kappa shape index (κ1) is 14.9. The van der Waals surface area contributed by atoms with Gasteiger partial charge in [0.15, 0.2) is 5.76 Å². The molecular weight excluding hydrogens is 278 g/mol. The van der Waals surface area contributed by atoms with Crippen LogP contribution >= 0.6 is 0 Å². The monoisotopic (exact) mass is 295 g/mol. The van der Waals surface area contributed by atoms with E-state index in [1.165, 1.54) is 11.2 Å². The minimum atomic E-state index is -0.767. The van der Waals surface area contributed by atoms with Crippen molar-refractivity contribution in [1.29, 1.82) is 0 Å². The maximum atomic E-state index is 12.0. The Balaban J connectivity index is 1.81. The number of rotatable bonds is 2. The molecule has 1 saturated heterocycles. The molecule has 1 aromatic heterocycles. The fourth-order valence-electron chi connectivity index (χ4n) is 2.00. The van der Waals surface area contributed by atoms with E-state index in [1.807, 2.05) is 0 Å². The normalized spacial score (nSPS) is 14.7. The van der Waals surface area contributed by atoms with Gasteiger partial charge in [0.1, 0.15) is 0 Å². The summed E-state index contributed by atoms with van der Waals surface area (Å²) in [4.78, 5) is 38.1. The van der Waals surface area contributed by atoms with Crippen LogP contribution in [0.5, 0.6) is 0 Å². The Morgan fingerprint density at radius 3 is 2.48 bits per heavy atom. The second kappa shape index (κ2) is 6.78. The second-order valence-corrected chi connectivity index (χ2v) is 4.41. The standard InChI is InChI=1S/C13H17N3O5/c1-2-20-13(19)14-12(18)16-7-5-15(6-8-16)11(17)10-4-3-9-21-10/h3-4,9H,2,5-8H2,1H3,(H,14,18,19). The lowest BCUT2D eigenvalue weighted by Gasteiger charge is -2.33. The van der Waals surface area contributed by atoms with Gasteiger partial charge in [-0.15, -0.1) is 0 Å². The van der Waals surface area contributed by atoms with Gasteiger partial charge in [-0.2, -0.15) is 0 Å². The van der Waals surface area contributed by atoms with Crippen LogP contribution in [-0.4, -0.2) is 60.6 Å². The van der Waals surface area contributed by atoms with Crippen molar-refractivity contribution in [2.24, 2.45) is 0 Å². The minimum absolute atomic E-state index is 0.199. The molecule has 0 atom stereocenters. The number of amides is 4. The number of nitrogens with zero attached hydrogens (tertiary/aromatic N) is 2. The Morgan fingerprint density at radius 1 is 1.24 bits per heavy atom. The van der Waals surface area contributed by atoms with E-state index in [0.29, 0.717) is 26.2 Å². The highest BCUT2D eigenvalue weighted by Gasteiger charge is 2.26. The molecule has 0 aromatic carbocycles. The van der Waals surface area contributed by atoms with Crippen molar-refractivity contribution in [1.82, 2.24) is 15.1 Å². The van der Waals surface area contributed by atoms with Crippen molar-refractivity contribution in [3.05, 3.63) is 24.2 Å². The smallest absolute Gasteiger partial charge is 0.415 e. The summed E-state index contributed by atoms with van der Waals surface area (Å²) >= 11 is 0. The van der Waals surface area contributed by atoms with Crippen LogP contribution in [0.25, 0.3) is 0 Å². The first-order chi connectivity index (χ1) is 10.1. The number of hydrogen-bond donors (Lipinski definition) is 1. The molecule has 21 heavy (non-hydrogen) atoms. The van der Waals surface area contributed by atoms with E-state index in [4.69, 9.17) is 4.42 Å². The van der Waals surface area contributed by atoms with E-state index in [9.17, 15) is 14.4 Å². The molecule has 2 heterocycles. The number of alkyl carbamates (subject to hydrolysis) is 1. The zero-order valence-corrected chi connectivity index (χ0v) is 11.7. The number of carbonyl (C=O) groups is 3. The van der Waals surface area contributed by atoms with Crippen molar-refractivity contribution < 1.29 is 23.5 Å². The third-order valence-electron chi connectivity index (χ3n) is 3.07. The Morgan fingerprint density at radius 2 is 1.90 bits per heavy atom.